The molecule has 2 unspecified atom stereocenters. The Morgan fingerprint density at radius 1 is 0.705 bits per heavy atom. The predicted octanol–water partition coefficient (Wildman–Crippen LogP) is 8.24. The Hall–Kier alpha value is -2.85. The second-order valence-corrected chi connectivity index (χ2v) is 13.6. The van der Waals surface area contributed by atoms with E-state index in [1.807, 2.05) is 0 Å². The highest BCUT2D eigenvalue weighted by Gasteiger charge is 2.31. The largest absolute Gasteiger partial charge is 0.384 e. The minimum Gasteiger partial charge on any atom is -0.384 e. The lowest BCUT2D eigenvalue weighted by Gasteiger charge is -2.33. The van der Waals surface area contributed by atoms with Crippen LogP contribution in [0.4, 0.5) is 5.69 Å². The molecule has 4 heteroatoms. The molecule has 3 N–H and O–H groups in total. The number of allylic oxidation sites excluding steroid dienone is 4. The monoisotopic (exact) mass is 596 g/mol. The summed E-state index contributed by atoms with van der Waals surface area (Å²) in [5, 5.41) is 8.99. The van der Waals surface area contributed by atoms with Gasteiger partial charge in [0.15, 0.2) is 5.69 Å². The predicted molar refractivity (Wildman–Crippen MR) is 188 cm³/mol. The Morgan fingerprint density at radius 3 is 2.09 bits per heavy atom. The maximum atomic E-state index is 3.83. The van der Waals surface area contributed by atoms with Gasteiger partial charge >= 0.3 is 0 Å². The van der Waals surface area contributed by atoms with Crippen molar-refractivity contribution in [2.45, 2.75) is 129 Å². The highest BCUT2D eigenvalue weighted by Crippen LogP contribution is 2.23. The second-order valence-electron chi connectivity index (χ2n) is 13.6. The third-order valence-electron chi connectivity index (χ3n) is 10.2. The zero-order chi connectivity index (χ0) is 30.4. The molecule has 2 aromatic rings. The molecule has 6 rings (SSSR count). The zero-order valence-electron chi connectivity index (χ0n) is 27.9. The van der Waals surface area contributed by atoms with E-state index in [0.717, 1.165) is 19.6 Å². The quantitative estimate of drug-likeness (QED) is 0.268. The number of pyridine rings is 1. The summed E-state index contributed by atoms with van der Waals surface area (Å²) in [6.45, 7) is 9.14. The van der Waals surface area contributed by atoms with Crippen LogP contribution < -0.4 is 20.1 Å². The Kier molecular flexibility index (Phi) is 13.0. The van der Waals surface area contributed by atoms with E-state index in [1.165, 1.54) is 149 Å². The molecule has 238 valence electrons. The molecule has 4 aliphatic rings. The van der Waals surface area contributed by atoms with E-state index in [9.17, 15) is 0 Å². The number of aryl methyl sites for hydroxylation is 2. The number of fused-ring (bicyclic) bond motifs is 21. The Labute approximate surface area is 268 Å². The number of hydrogen-bond donors (Lipinski definition) is 3. The fourth-order valence-corrected chi connectivity index (χ4v) is 7.58. The van der Waals surface area contributed by atoms with E-state index in [4.69, 9.17) is 0 Å². The Balaban J connectivity index is 1.16. The van der Waals surface area contributed by atoms with Gasteiger partial charge in [0.25, 0.3) is 0 Å². The molecular weight excluding hydrogens is 536 g/mol. The van der Waals surface area contributed by atoms with Crippen molar-refractivity contribution < 1.29 is 9.47 Å². The molecule has 0 saturated carbocycles. The van der Waals surface area contributed by atoms with Gasteiger partial charge < -0.3 is 10.6 Å². The zero-order valence-corrected chi connectivity index (χ0v) is 27.9. The first kappa shape index (κ1) is 32.5. The van der Waals surface area contributed by atoms with E-state index in [-0.39, 0.29) is 0 Å². The van der Waals surface area contributed by atoms with E-state index in [0.29, 0.717) is 6.04 Å². The molecule has 4 heterocycles. The molecule has 1 aromatic heterocycles. The molecule has 2 atom stereocenters. The van der Waals surface area contributed by atoms with Gasteiger partial charge in [-0.1, -0.05) is 94.6 Å². The first-order chi connectivity index (χ1) is 21.7. The van der Waals surface area contributed by atoms with Crippen molar-refractivity contribution in [3.8, 4) is 0 Å². The number of hydrogen-bond acceptors (Lipinski definition) is 2. The van der Waals surface area contributed by atoms with Gasteiger partial charge in [0.05, 0.1) is 17.6 Å². The summed E-state index contributed by atoms with van der Waals surface area (Å²) in [5.74, 6) is 0. The van der Waals surface area contributed by atoms with Gasteiger partial charge in [-0.3, -0.25) is 4.90 Å². The smallest absolute Gasteiger partial charge is 0.214 e. The molecule has 0 saturated heterocycles. The number of para-hydroxylation sites is 1. The molecule has 4 bridgehead atoms. The number of benzene rings is 1. The molecule has 1 aromatic carbocycles. The van der Waals surface area contributed by atoms with Crippen molar-refractivity contribution in [1.82, 2.24) is 5.32 Å². The third kappa shape index (κ3) is 9.10. The van der Waals surface area contributed by atoms with E-state index >= 15 is 0 Å². The van der Waals surface area contributed by atoms with Gasteiger partial charge in [-0.05, 0) is 44.2 Å². The molecule has 0 radical (unpaired) electrons. The third-order valence-corrected chi connectivity index (χ3v) is 10.2. The Bertz CT molecular complexity index is 1320. The van der Waals surface area contributed by atoms with E-state index < -0.39 is 0 Å². The maximum absolute atomic E-state index is 3.83. The van der Waals surface area contributed by atoms with E-state index in [1.54, 1.807) is 4.90 Å². The average molecular weight is 597 g/mol. The SMILES string of the molecule is CC1=CC2=C3C=CC=CC3[NH+]1CCCCCCCCCC[n+]1c(C)cc(c3ccccc31)NCCCCCCCCCCN2. The standard InChI is InChI=1S/C40H58N4/c1-33-31-37-35-23-15-17-25-39(35)43(33)29-21-13-9-5-6-10-14-22-30-44-34(2)32-38(36-24-16-18-26-40(36)44)42-28-20-12-8-4-3-7-11-19-27-41-37/h15-18,23-26,31-32,39,41H,3-14,19-22,27-30H2,1-2H3/p+2. The lowest BCUT2D eigenvalue weighted by atomic mass is 9.93. The van der Waals surface area contributed by atoms with Crippen LogP contribution in [0.15, 0.2) is 77.7 Å². The molecular formula is C40H60N4+2. The van der Waals surface area contributed by atoms with Crippen LogP contribution in [0.25, 0.3) is 10.9 Å². The summed E-state index contributed by atoms with van der Waals surface area (Å²) < 4.78 is 2.55. The Morgan fingerprint density at radius 2 is 1.34 bits per heavy atom. The van der Waals surface area contributed by atoms with Crippen LogP contribution in [0.2, 0.25) is 0 Å². The average Bonchev–Trinajstić information content (AvgIpc) is 3.04. The highest BCUT2D eigenvalue weighted by atomic mass is 15.2. The van der Waals surface area contributed by atoms with Crippen molar-refractivity contribution in [2.75, 3.05) is 25.0 Å². The van der Waals surface area contributed by atoms with Crippen molar-refractivity contribution in [1.29, 1.82) is 0 Å². The van der Waals surface area contributed by atoms with Gasteiger partial charge in [0, 0.05) is 62.8 Å². The molecule has 4 nitrogen and oxygen atoms in total. The molecule has 0 spiro atoms. The van der Waals surface area contributed by atoms with Gasteiger partial charge in [-0.2, -0.15) is 4.57 Å². The maximum Gasteiger partial charge on any atom is 0.214 e. The van der Waals surface area contributed by atoms with Crippen molar-refractivity contribution in [3.63, 3.8) is 0 Å². The fourth-order valence-electron chi connectivity index (χ4n) is 7.58. The van der Waals surface area contributed by atoms with Crippen molar-refractivity contribution >= 4 is 16.6 Å². The van der Waals surface area contributed by atoms with Gasteiger partial charge in [-0.15, -0.1) is 0 Å². The minimum atomic E-state index is 0.470. The number of nitrogens with one attached hydrogen (secondary N) is 3. The molecule has 3 aliphatic heterocycles. The van der Waals surface area contributed by atoms with Gasteiger partial charge in [0.2, 0.25) is 5.52 Å². The molecule has 44 heavy (non-hydrogen) atoms. The summed E-state index contributed by atoms with van der Waals surface area (Å²) >= 11 is 0. The first-order valence-corrected chi connectivity index (χ1v) is 18.3. The highest BCUT2D eigenvalue weighted by molar-refractivity contribution is 5.89. The number of quaternary nitrogens is 1. The first-order valence-electron chi connectivity index (χ1n) is 18.3. The minimum absolute atomic E-state index is 0.470. The molecule has 1 aliphatic carbocycles. The van der Waals surface area contributed by atoms with Crippen LogP contribution in [0.3, 0.4) is 0 Å². The van der Waals surface area contributed by atoms with Crippen LogP contribution in [-0.4, -0.2) is 25.7 Å². The topological polar surface area (TPSA) is 32.4 Å². The van der Waals surface area contributed by atoms with Crippen LogP contribution >= 0.6 is 0 Å². The number of anilines is 1. The van der Waals surface area contributed by atoms with Crippen molar-refractivity contribution in [2.24, 2.45) is 0 Å². The lowest BCUT2D eigenvalue weighted by Crippen LogP contribution is -3.14. The lowest BCUT2D eigenvalue weighted by molar-refractivity contribution is -0.875. The fraction of sp³-hybridized carbons (Fsp3) is 0.575. The van der Waals surface area contributed by atoms with Gasteiger partial charge in [-0.25, -0.2) is 0 Å². The van der Waals surface area contributed by atoms with Crippen LogP contribution in [0.1, 0.15) is 115 Å². The number of rotatable bonds is 0. The van der Waals surface area contributed by atoms with Gasteiger partial charge in [0.1, 0.15) is 18.3 Å². The normalized spacial score (nSPS) is 23.9. The molecule has 0 amide bonds. The van der Waals surface area contributed by atoms with E-state index in [2.05, 4.69) is 89.8 Å². The van der Waals surface area contributed by atoms with Crippen molar-refractivity contribution in [3.05, 3.63) is 83.4 Å². The summed E-state index contributed by atoms with van der Waals surface area (Å²) in [5.41, 5.74) is 8.40. The number of aromatic nitrogens is 1. The summed E-state index contributed by atoms with van der Waals surface area (Å²) in [6, 6.07) is 11.9. The summed E-state index contributed by atoms with van der Waals surface area (Å²) in [4.78, 5) is 1.65. The summed E-state index contributed by atoms with van der Waals surface area (Å²) in [6.07, 6.45) is 33.1. The second kappa shape index (κ2) is 17.6. The molecule has 0 fully saturated rings. The summed E-state index contributed by atoms with van der Waals surface area (Å²) in [7, 11) is 0. The number of nitrogens with zero attached hydrogens (tertiary/aromatic N) is 1. The van der Waals surface area contributed by atoms with Crippen LogP contribution in [-0.2, 0) is 6.54 Å². The van der Waals surface area contributed by atoms with Crippen LogP contribution in [0, 0.1) is 6.92 Å². The van der Waals surface area contributed by atoms with Crippen LogP contribution in [0.5, 0.6) is 0 Å².